The van der Waals surface area contributed by atoms with Gasteiger partial charge in [-0.25, -0.2) is 0 Å². The van der Waals surface area contributed by atoms with Gasteiger partial charge in [-0.3, -0.25) is 4.52 Å². The van der Waals surface area contributed by atoms with Crippen molar-refractivity contribution in [3.63, 3.8) is 0 Å². The molecule has 3 nitrogen and oxygen atoms in total. The van der Waals surface area contributed by atoms with Crippen LogP contribution >= 0.6 is 8.60 Å². The lowest BCUT2D eigenvalue weighted by Crippen LogP contribution is -2.05. The predicted octanol–water partition coefficient (Wildman–Crippen LogP) is 7.87. The molecular weight excluding hydrogens is 367 g/mol. The first-order chi connectivity index (χ1) is 13.8. The number of para-hydroxylation sites is 1. The second kappa shape index (κ2) is 13.6. The van der Waals surface area contributed by atoms with Gasteiger partial charge >= 0.3 is 8.60 Å². The van der Waals surface area contributed by atoms with Crippen LogP contribution < -0.4 is 9.05 Å². The van der Waals surface area contributed by atoms with Crippen LogP contribution in [0.15, 0.2) is 48.5 Å². The molecule has 2 aromatic rings. The Morgan fingerprint density at radius 1 is 0.714 bits per heavy atom. The van der Waals surface area contributed by atoms with Gasteiger partial charge in [-0.15, -0.1) is 0 Å². The van der Waals surface area contributed by atoms with Crippen LogP contribution in [0.4, 0.5) is 0 Å². The standard InChI is InChI=1S/C24H35O3P/c1-4-7-14-21-15-13-19-24(23(21)18-8-5-2)27-28(25-20-9-6-3)26-22-16-11-10-12-17-22/h10-13,15-17,19H,4-9,14,18,20H2,1-3H3. The minimum atomic E-state index is -1.48. The zero-order valence-corrected chi connectivity index (χ0v) is 18.5. The molecule has 0 saturated heterocycles. The number of benzene rings is 2. The maximum absolute atomic E-state index is 6.33. The molecule has 2 aromatic carbocycles. The molecule has 0 aromatic heterocycles. The third-order valence-electron chi connectivity index (χ3n) is 4.60. The first-order valence-electron chi connectivity index (χ1n) is 10.7. The molecule has 28 heavy (non-hydrogen) atoms. The number of rotatable bonds is 14. The van der Waals surface area contributed by atoms with Crippen molar-refractivity contribution in [1.82, 2.24) is 0 Å². The summed E-state index contributed by atoms with van der Waals surface area (Å²) in [4.78, 5) is 0. The molecule has 0 heterocycles. The summed E-state index contributed by atoms with van der Waals surface area (Å²) in [6.07, 6.45) is 8.95. The Balaban J connectivity index is 2.19. The lowest BCUT2D eigenvalue weighted by atomic mass is 9.97. The number of aryl methyl sites for hydroxylation is 1. The zero-order chi connectivity index (χ0) is 20.0. The highest BCUT2D eigenvalue weighted by atomic mass is 31.2. The van der Waals surface area contributed by atoms with Gasteiger partial charge in [-0.2, -0.15) is 0 Å². The summed E-state index contributed by atoms with van der Waals surface area (Å²) in [5, 5.41) is 0. The first kappa shape index (κ1) is 22.7. The normalized spacial score (nSPS) is 12.0. The summed E-state index contributed by atoms with van der Waals surface area (Å²) in [7, 11) is -1.48. The van der Waals surface area contributed by atoms with Crippen LogP contribution in [0.25, 0.3) is 0 Å². The summed E-state index contributed by atoms with van der Waals surface area (Å²) < 4.78 is 18.4. The molecule has 154 valence electrons. The van der Waals surface area contributed by atoms with Gasteiger partial charge in [0.1, 0.15) is 11.5 Å². The molecule has 0 bridgehead atoms. The fourth-order valence-corrected chi connectivity index (χ4v) is 3.98. The number of hydrogen-bond donors (Lipinski definition) is 0. The van der Waals surface area contributed by atoms with Gasteiger partial charge in [0.25, 0.3) is 0 Å². The molecule has 0 aliphatic rings. The van der Waals surface area contributed by atoms with E-state index in [2.05, 4.69) is 39.0 Å². The van der Waals surface area contributed by atoms with Crippen LogP contribution in [0.1, 0.15) is 70.4 Å². The van der Waals surface area contributed by atoms with Gasteiger partial charge < -0.3 is 9.05 Å². The van der Waals surface area contributed by atoms with E-state index < -0.39 is 8.60 Å². The van der Waals surface area contributed by atoms with E-state index in [0.717, 1.165) is 43.6 Å². The van der Waals surface area contributed by atoms with Gasteiger partial charge in [-0.1, -0.05) is 70.4 Å². The van der Waals surface area contributed by atoms with Crippen LogP contribution in [0.2, 0.25) is 0 Å². The molecule has 1 unspecified atom stereocenters. The summed E-state index contributed by atoms with van der Waals surface area (Å²) in [5.74, 6) is 1.70. The molecule has 1 atom stereocenters. The summed E-state index contributed by atoms with van der Waals surface area (Å²) in [6, 6.07) is 16.2. The number of hydrogen-bond acceptors (Lipinski definition) is 3. The van der Waals surface area contributed by atoms with Gasteiger partial charge in [0.2, 0.25) is 0 Å². The minimum absolute atomic E-state index is 0.648. The molecular formula is C24H35O3P. The highest BCUT2D eigenvalue weighted by Crippen LogP contribution is 2.43. The molecule has 0 radical (unpaired) electrons. The van der Waals surface area contributed by atoms with Crippen LogP contribution in [-0.2, 0) is 17.4 Å². The lowest BCUT2D eigenvalue weighted by Gasteiger charge is -2.21. The van der Waals surface area contributed by atoms with Crippen molar-refractivity contribution >= 4 is 8.60 Å². The molecule has 0 fully saturated rings. The highest BCUT2D eigenvalue weighted by molar-refractivity contribution is 7.42. The smallest absolute Gasteiger partial charge is 0.418 e. The van der Waals surface area contributed by atoms with Crippen molar-refractivity contribution in [3.05, 3.63) is 59.7 Å². The van der Waals surface area contributed by atoms with Crippen molar-refractivity contribution in [1.29, 1.82) is 0 Å². The van der Waals surface area contributed by atoms with Gasteiger partial charge in [0.15, 0.2) is 0 Å². The van der Waals surface area contributed by atoms with E-state index in [1.54, 1.807) is 0 Å². The molecule has 2 rings (SSSR count). The molecule has 4 heteroatoms. The Bertz CT molecular complexity index is 660. The molecule has 0 amide bonds. The Hall–Kier alpha value is -1.57. The van der Waals surface area contributed by atoms with Crippen LogP contribution in [0, 0.1) is 0 Å². The third-order valence-corrected chi connectivity index (χ3v) is 5.70. The molecule has 0 saturated carbocycles. The molecule has 0 aliphatic carbocycles. The van der Waals surface area contributed by atoms with Crippen molar-refractivity contribution in [2.45, 2.75) is 72.1 Å². The Labute approximate surface area is 172 Å². The maximum Gasteiger partial charge on any atom is 0.463 e. The van der Waals surface area contributed by atoms with Crippen molar-refractivity contribution in [2.75, 3.05) is 6.61 Å². The minimum Gasteiger partial charge on any atom is -0.418 e. The number of unbranched alkanes of at least 4 members (excludes halogenated alkanes) is 3. The van der Waals surface area contributed by atoms with E-state index in [1.807, 2.05) is 30.3 Å². The van der Waals surface area contributed by atoms with E-state index in [0.29, 0.717) is 6.61 Å². The molecule has 0 N–H and O–H groups in total. The SMILES string of the molecule is CCCCOP(Oc1ccccc1)Oc1cccc(CCCC)c1CCCC. The van der Waals surface area contributed by atoms with Gasteiger partial charge in [0.05, 0.1) is 6.61 Å². The monoisotopic (exact) mass is 402 g/mol. The summed E-state index contributed by atoms with van der Waals surface area (Å²) >= 11 is 0. The van der Waals surface area contributed by atoms with E-state index >= 15 is 0 Å². The third kappa shape index (κ3) is 7.81. The van der Waals surface area contributed by atoms with Gasteiger partial charge in [-0.05, 0) is 61.4 Å². The van der Waals surface area contributed by atoms with E-state index in [9.17, 15) is 0 Å². The summed E-state index contributed by atoms with van der Waals surface area (Å²) in [5.41, 5.74) is 2.72. The second-order valence-corrected chi connectivity index (χ2v) is 8.08. The quantitative estimate of drug-likeness (QED) is 0.238. The fraction of sp³-hybridized carbons (Fsp3) is 0.500. The summed E-state index contributed by atoms with van der Waals surface area (Å²) in [6.45, 7) is 7.27. The van der Waals surface area contributed by atoms with E-state index in [1.165, 1.54) is 30.4 Å². The second-order valence-electron chi connectivity index (χ2n) is 7.01. The molecule has 0 spiro atoms. The largest absolute Gasteiger partial charge is 0.463 e. The van der Waals surface area contributed by atoms with E-state index in [-0.39, 0.29) is 0 Å². The van der Waals surface area contributed by atoms with Crippen LogP contribution in [0.5, 0.6) is 11.5 Å². The Kier molecular flexibility index (Phi) is 11.0. The van der Waals surface area contributed by atoms with Crippen molar-refractivity contribution in [2.24, 2.45) is 0 Å². The first-order valence-corrected chi connectivity index (χ1v) is 11.8. The zero-order valence-electron chi connectivity index (χ0n) is 17.7. The lowest BCUT2D eigenvalue weighted by molar-refractivity contribution is 0.260. The fourth-order valence-electron chi connectivity index (χ4n) is 2.94. The average Bonchev–Trinajstić information content (AvgIpc) is 2.72. The van der Waals surface area contributed by atoms with Crippen LogP contribution in [-0.4, -0.2) is 6.61 Å². The maximum atomic E-state index is 6.33. The average molecular weight is 403 g/mol. The van der Waals surface area contributed by atoms with Crippen molar-refractivity contribution < 1.29 is 13.6 Å². The highest BCUT2D eigenvalue weighted by Gasteiger charge is 2.20. The Morgan fingerprint density at radius 3 is 2.14 bits per heavy atom. The van der Waals surface area contributed by atoms with E-state index in [4.69, 9.17) is 13.6 Å². The Morgan fingerprint density at radius 2 is 1.43 bits per heavy atom. The van der Waals surface area contributed by atoms with Crippen LogP contribution in [0.3, 0.4) is 0 Å². The predicted molar refractivity (Wildman–Crippen MR) is 119 cm³/mol. The van der Waals surface area contributed by atoms with Gasteiger partial charge in [0, 0.05) is 0 Å². The topological polar surface area (TPSA) is 27.7 Å². The van der Waals surface area contributed by atoms with Crippen molar-refractivity contribution in [3.8, 4) is 11.5 Å². The molecule has 0 aliphatic heterocycles.